The third-order valence-corrected chi connectivity index (χ3v) is 5.05. The first-order valence-corrected chi connectivity index (χ1v) is 9.60. The fourth-order valence-corrected chi connectivity index (χ4v) is 3.54. The lowest BCUT2D eigenvalue weighted by atomic mass is 10.1. The Labute approximate surface area is 174 Å². The van der Waals surface area contributed by atoms with Crippen molar-refractivity contribution in [2.45, 2.75) is 19.7 Å². The average molecular weight is 403 g/mol. The summed E-state index contributed by atoms with van der Waals surface area (Å²) < 4.78 is 6.16. The lowest BCUT2D eigenvalue weighted by Crippen LogP contribution is -2.40. The van der Waals surface area contributed by atoms with Crippen molar-refractivity contribution in [1.82, 2.24) is 4.90 Å². The number of non-ortho nitro benzene ring substituents is 1. The quantitative estimate of drug-likeness (QED) is 0.503. The second-order valence-electron chi connectivity index (χ2n) is 7.20. The normalized spacial score (nSPS) is 15.7. The molecule has 30 heavy (non-hydrogen) atoms. The topological polar surface area (TPSA) is 84.7 Å². The Morgan fingerprint density at radius 2 is 1.90 bits per heavy atom. The zero-order valence-electron chi connectivity index (χ0n) is 16.4. The maximum absolute atomic E-state index is 12.8. The number of aryl methyl sites for hydroxylation is 1. The second kappa shape index (κ2) is 8.34. The van der Waals surface area contributed by atoms with Crippen LogP contribution in [0.1, 0.15) is 22.9 Å². The first kappa shape index (κ1) is 19.6. The molecule has 4 rings (SSSR count). The van der Waals surface area contributed by atoms with Gasteiger partial charge in [-0.15, -0.1) is 0 Å². The molecule has 1 aliphatic rings. The highest BCUT2D eigenvalue weighted by Crippen LogP contribution is 2.35. The summed E-state index contributed by atoms with van der Waals surface area (Å²) in [6.45, 7) is 2.50. The van der Waals surface area contributed by atoms with Gasteiger partial charge >= 0.3 is 0 Å². The number of nitro groups is 1. The lowest BCUT2D eigenvalue weighted by molar-refractivity contribution is -0.385. The van der Waals surface area contributed by atoms with Crippen LogP contribution in [0, 0.1) is 17.0 Å². The highest BCUT2D eigenvalue weighted by Gasteiger charge is 2.31. The molecular weight excluding hydrogens is 382 g/mol. The standard InChI is InChI=1S/C23H21N3O4/c1-16-7-2-4-11-20(16)24-22(27)15-25-14-18-8-3-5-12-21(18)30-23(25)17-9-6-10-19(13-17)26(28)29/h2-13,23H,14-15H2,1H3,(H,24,27). The van der Waals surface area contributed by atoms with E-state index in [2.05, 4.69) is 5.32 Å². The highest BCUT2D eigenvalue weighted by atomic mass is 16.6. The van der Waals surface area contributed by atoms with E-state index in [1.54, 1.807) is 12.1 Å². The van der Waals surface area contributed by atoms with Crippen molar-refractivity contribution in [2.24, 2.45) is 0 Å². The Hall–Kier alpha value is -3.71. The average Bonchev–Trinajstić information content (AvgIpc) is 2.75. The Morgan fingerprint density at radius 3 is 2.70 bits per heavy atom. The summed E-state index contributed by atoms with van der Waals surface area (Å²) in [5.74, 6) is 0.535. The maximum Gasteiger partial charge on any atom is 0.269 e. The van der Waals surface area contributed by atoms with Gasteiger partial charge in [0.1, 0.15) is 5.75 Å². The van der Waals surface area contributed by atoms with E-state index >= 15 is 0 Å². The minimum atomic E-state index is -0.609. The zero-order chi connectivity index (χ0) is 21.1. The van der Waals surface area contributed by atoms with Gasteiger partial charge in [0.2, 0.25) is 5.91 Å². The van der Waals surface area contributed by atoms with E-state index in [9.17, 15) is 14.9 Å². The Kier molecular flexibility index (Phi) is 5.45. The van der Waals surface area contributed by atoms with Crippen LogP contribution in [0.15, 0.2) is 72.8 Å². The molecule has 1 N–H and O–H groups in total. The van der Waals surface area contributed by atoms with Crippen molar-refractivity contribution in [3.63, 3.8) is 0 Å². The predicted molar refractivity (Wildman–Crippen MR) is 113 cm³/mol. The van der Waals surface area contributed by atoms with Crippen LogP contribution in [0.5, 0.6) is 5.75 Å². The first-order valence-electron chi connectivity index (χ1n) is 9.60. The molecule has 1 aliphatic heterocycles. The molecule has 152 valence electrons. The van der Waals surface area contributed by atoms with Crippen molar-refractivity contribution < 1.29 is 14.5 Å². The third kappa shape index (κ3) is 4.16. The molecular formula is C23H21N3O4. The molecule has 0 fully saturated rings. The second-order valence-corrected chi connectivity index (χ2v) is 7.20. The number of amides is 1. The van der Waals surface area contributed by atoms with Crippen molar-refractivity contribution in [1.29, 1.82) is 0 Å². The van der Waals surface area contributed by atoms with Gasteiger partial charge in [0.05, 0.1) is 11.5 Å². The Morgan fingerprint density at radius 1 is 1.13 bits per heavy atom. The molecule has 0 aromatic heterocycles. The molecule has 3 aromatic rings. The van der Waals surface area contributed by atoms with Gasteiger partial charge in [-0.25, -0.2) is 0 Å². The molecule has 1 atom stereocenters. The summed E-state index contributed by atoms with van der Waals surface area (Å²) in [5.41, 5.74) is 3.30. The maximum atomic E-state index is 12.8. The minimum absolute atomic E-state index is 0.0146. The molecule has 1 unspecified atom stereocenters. The molecule has 0 aliphatic carbocycles. The number of nitrogens with one attached hydrogen (secondary N) is 1. The largest absolute Gasteiger partial charge is 0.471 e. The van der Waals surface area contributed by atoms with Gasteiger partial charge in [0.15, 0.2) is 6.23 Å². The van der Waals surface area contributed by atoms with Crippen molar-refractivity contribution >= 4 is 17.3 Å². The van der Waals surface area contributed by atoms with Crippen LogP contribution in [-0.4, -0.2) is 22.3 Å². The molecule has 7 heteroatoms. The van der Waals surface area contributed by atoms with Crippen molar-refractivity contribution in [2.75, 3.05) is 11.9 Å². The molecule has 0 bridgehead atoms. The summed E-state index contributed by atoms with van der Waals surface area (Å²) in [5, 5.41) is 14.2. The van der Waals surface area contributed by atoms with Crippen LogP contribution in [0.2, 0.25) is 0 Å². The summed E-state index contributed by atoms with van der Waals surface area (Å²) in [6.07, 6.45) is -0.609. The third-order valence-electron chi connectivity index (χ3n) is 5.05. The van der Waals surface area contributed by atoms with Crippen LogP contribution < -0.4 is 10.1 Å². The number of carbonyl (C=O) groups excluding carboxylic acids is 1. The Balaban J connectivity index is 1.61. The van der Waals surface area contributed by atoms with Gasteiger partial charge in [-0.3, -0.25) is 19.8 Å². The fourth-order valence-electron chi connectivity index (χ4n) is 3.54. The number of para-hydroxylation sites is 2. The van der Waals surface area contributed by atoms with Gasteiger partial charge in [0.25, 0.3) is 5.69 Å². The molecule has 1 heterocycles. The highest BCUT2D eigenvalue weighted by molar-refractivity contribution is 5.93. The SMILES string of the molecule is Cc1ccccc1NC(=O)CN1Cc2ccccc2OC1c1cccc([N+](=O)[O-])c1. The van der Waals surface area contributed by atoms with Crippen LogP contribution in [-0.2, 0) is 11.3 Å². The van der Waals surface area contributed by atoms with Gasteiger partial charge in [-0.2, -0.15) is 0 Å². The number of anilines is 1. The van der Waals surface area contributed by atoms with E-state index in [4.69, 9.17) is 4.74 Å². The number of ether oxygens (including phenoxy) is 1. The molecule has 7 nitrogen and oxygen atoms in total. The fraction of sp³-hybridized carbons (Fsp3) is 0.174. The summed E-state index contributed by atoms with van der Waals surface area (Å²) in [7, 11) is 0. The number of benzene rings is 3. The number of rotatable bonds is 5. The molecule has 1 amide bonds. The van der Waals surface area contributed by atoms with Gasteiger partial charge in [0, 0.05) is 35.5 Å². The zero-order valence-corrected chi connectivity index (χ0v) is 16.4. The molecule has 3 aromatic carbocycles. The van der Waals surface area contributed by atoms with Crippen LogP contribution >= 0.6 is 0 Å². The van der Waals surface area contributed by atoms with Gasteiger partial charge in [-0.05, 0) is 24.6 Å². The molecule has 0 radical (unpaired) electrons. The monoisotopic (exact) mass is 403 g/mol. The van der Waals surface area contributed by atoms with Crippen molar-refractivity contribution in [3.8, 4) is 5.75 Å². The number of nitrogens with zero attached hydrogens (tertiary/aromatic N) is 2. The number of hydrogen-bond acceptors (Lipinski definition) is 5. The number of hydrogen-bond donors (Lipinski definition) is 1. The number of fused-ring (bicyclic) bond motifs is 1. The lowest BCUT2D eigenvalue weighted by Gasteiger charge is -2.36. The van der Waals surface area contributed by atoms with Crippen LogP contribution in [0.3, 0.4) is 0 Å². The first-order chi connectivity index (χ1) is 14.5. The van der Waals surface area contributed by atoms with E-state index in [-0.39, 0.29) is 18.1 Å². The minimum Gasteiger partial charge on any atom is -0.471 e. The van der Waals surface area contributed by atoms with E-state index in [0.29, 0.717) is 17.9 Å². The summed E-state index contributed by atoms with van der Waals surface area (Å²) in [6, 6.07) is 21.5. The van der Waals surface area contributed by atoms with Gasteiger partial charge < -0.3 is 10.1 Å². The molecule has 0 saturated heterocycles. The summed E-state index contributed by atoms with van der Waals surface area (Å²) in [4.78, 5) is 25.4. The molecule has 0 spiro atoms. The number of nitro benzene ring substituents is 1. The number of carbonyl (C=O) groups is 1. The van der Waals surface area contributed by atoms with Crippen LogP contribution in [0.4, 0.5) is 11.4 Å². The Bertz CT molecular complexity index is 1100. The van der Waals surface area contributed by atoms with E-state index in [1.807, 2.05) is 60.4 Å². The van der Waals surface area contributed by atoms with Gasteiger partial charge in [-0.1, -0.05) is 48.5 Å². The predicted octanol–water partition coefficient (Wildman–Crippen LogP) is 4.44. The van der Waals surface area contributed by atoms with E-state index in [0.717, 1.165) is 16.8 Å². The van der Waals surface area contributed by atoms with E-state index in [1.165, 1.54) is 12.1 Å². The summed E-state index contributed by atoms with van der Waals surface area (Å²) >= 11 is 0. The van der Waals surface area contributed by atoms with Crippen molar-refractivity contribution in [3.05, 3.63) is 99.6 Å². The smallest absolute Gasteiger partial charge is 0.269 e. The molecule has 0 saturated carbocycles. The van der Waals surface area contributed by atoms with Crippen LogP contribution in [0.25, 0.3) is 0 Å². The van der Waals surface area contributed by atoms with E-state index < -0.39 is 11.2 Å².